The van der Waals surface area contributed by atoms with Gasteiger partial charge in [0.2, 0.25) is 0 Å². The molecule has 0 saturated heterocycles. The molecular weight excluding hydrogens is 226 g/mol. The molecule has 0 fully saturated rings. The summed E-state index contributed by atoms with van der Waals surface area (Å²) in [7, 11) is 0. The molecule has 0 aliphatic heterocycles. The van der Waals surface area contributed by atoms with Crippen molar-refractivity contribution in [3.8, 4) is 0 Å². The third-order valence-electron chi connectivity index (χ3n) is 2.81. The highest BCUT2D eigenvalue weighted by Gasteiger charge is 2.11. The summed E-state index contributed by atoms with van der Waals surface area (Å²) in [4.78, 5) is 0. The minimum atomic E-state index is 0.286. The zero-order valence-electron chi connectivity index (χ0n) is 12.1. The quantitative estimate of drug-likeness (QED) is 0.733. The number of hydrogen-bond donors (Lipinski definition) is 1. The van der Waals surface area contributed by atoms with Crippen LogP contribution in [0.25, 0.3) is 0 Å². The molecule has 18 heavy (non-hydrogen) atoms. The maximum absolute atomic E-state index is 5.72. The van der Waals surface area contributed by atoms with Crippen molar-refractivity contribution in [1.29, 1.82) is 0 Å². The summed E-state index contributed by atoms with van der Waals surface area (Å²) >= 11 is 0. The molecule has 1 N–H and O–H groups in total. The van der Waals surface area contributed by atoms with Crippen molar-refractivity contribution in [3.05, 3.63) is 18.0 Å². The molecule has 0 radical (unpaired) electrons. The molecule has 0 bridgehead atoms. The van der Waals surface area contributed by atoms with Gasteiger partial charge in [0, 0.05) is 18.8 Å². The smallest absolute Gasteiger partial charge is 0.0626 e. The largest absolute Gasteiger partial charge is 0.377 e. The van der Waals surface area contributed by atoms with Crippen LogP contribution in [0.1, 0.15) is 39.7 Å². The van der Waals surface area contributed by atoms with Gasteiger partial charge >= 0.3 is 0 Å². The maximum atomic E-state index is 5.72. The fraction of sp³-hybridized carbons (Fsp3) is 0.786. The van der Waals surface area contributed by atoms with Gasteiger partial charge in [-0.25, -0.2) is 0 Å². The average molecular weight is 253 g/mol. The summed E-state index contributed by atoms with van der Waals surface area (Å²) in [5, 5.41) is 7.85. The lowest BCUT2D eigenvalue weighted by Gasteiger charge is -2.19. The molecule has 0 amide bonds. The minimum Gasteiger partial charge on any atom is -0.377 e. The number of aromatic nitrogens is 2. The zero-order chi connectivity index (χ0) is 13.4. The molecular formula is C14H27N3O. The van der Waals surface area contributed by atoms with E-state index < -0.39 is 0 Å². The van der Waals surface area contributed by atoms with E-state index in [2.05, 4.69) is 44.3 Å². The van der Waals surface area contributed by atoms with Crippen molar-refractivity contribution in [2.45, 2.75) is 59.2 Å². The van der Waals surface area contributed by atoms with Crippen molar-refractivity contribution in [1.82, 2.24) is 15.1 Å². The van der Waals surface area contributed by atoms with Gasteiger partial charge in [0.25, 0.3) is 0 Å². The van der Waals surface area contributed by atoms with E-state index in [0.717, 1.165) is 32.5 Å². The second-order valence-electron chi connectivity index (χ2n) is 4.94. The molecule has 0 saturated carbocycles. The van der Waals surface area contributed by atoms with E-state index in [1.165, 1.54) is 5.56 Å². The van der Waals surface area contributed by atoms with Crippen LogP contribution in [0.3, 0.4) is 0 Å². The third-order valence-corrected chi connectivity index (χ3v) is 2.81. The van der Waals surface area contributed by atoms with Gasteiger partial charge in [-0.2, -0.15) is 5.10 Å². The zero-order valence-corrected chi connectivity index (χ0v) is 12.1. The highest BCUT2D eigenvalue weighted by Crippen LogP contribution is 2.04. The Kier molecular flexibility index (Phi) is 6.98. The Labute approximate surface area is 111 Å². The van der Waals surface area contributed by atoms with Gasteiger partial charge in [-0.1, -0.05) is 6.92 Å². The van der Waals surface area contributed by atoms with Crippen LogP contribution in [0.2, 0.25) is 0 Å². The Morgan fingerprint density at radius 1 is 1.39 bits per heavy atom. The molecule has 104 valence electrons. The van der Waals surface area contributed by atoms with E-state index in [9.17, 15) is 0 Å². The van der Waals surface area contributed by atoms with Gasteiger partial charge in [-0.3, -0.25) is 4.68 Å². The predicted octanol–water partition coefficient (Wildman–Crippen LogP) is 2.24. The Morgan fingerprint density at radius 3 is 2.72 bits per heavy atom. The SMILES string of the molecule is CCCNC(COC(C)C)Cc1cnn(CC)c1. The molecule has 1 aromatic rings. The van der Waals surface area contributed by atoms with Crippen molar-refractivity contribution < 1.29 is 4.74 Å². The van der Waals surface area contributed by atoms with E-state index >= 15 is 0 Å². The lowest BCUT2D eigenvalue weighted by atomic mass is 10.1. The van der Waals surface area contributed by atoms with Crippen LogP contribution >= 0.6 is 0 Å². The molecule has 0 spiro atoms. The van der Waals surface area contributed by atoms with Gasteiger partial charge in [0.1, 0.15) is 0 Å². The van der Waals surface area contributed by atoms with Gasteiger partial charge in [-0.15, -0.1) is 0 Å². The summed E-state index contributed by atoms with van der Waals surface area (Å²) in [6.45, 7) is 11.2. The normalized spacial score (nSPS) is 13.2. The van der Waals surface area contributed by atoms with Crippen LogP contribution < -0.4 is 5.32 Å². The van der Waals surface area contributed by atoms with Crippen molar-refractivity contribution in [3.63, 3.8) is 0 Å². The highest BCUT2D eigenvalue weighted by molar-refractivity contribution is 5.06. The van der Waals surface area contributed by atoms with E-state index in [1.807, 2.05) is 10.9 Å². The summed E-state index contributed by atoms with van der Waals surface area (Å²) < 4.78 is 7.68. The van der Waals surface area contributed by atoms with Crippen molar-refractivity contribution in [2.75, 3.05) is 13.2 Å². The maximum Gasteiger partial charge on any atom is 0.0626 e. The molecule has 4 heteroatoms. The standard InChI is InChI=1S/C14H27N3O/c1-5-7-15-14(11-18-12(3)4)8-13-9-16-17(6-2)10-13/h9-10,12,14-15H,5-8,11H2,1-4H3. The molecule has 4 nitrogen and oxygen atoms in total. The molecule has 1 heterocycles. The van der Waals surface area contributed by atoms with Crippen molar-refractivity contribution in [2.24, 2.45) is 0 Å². The first-order valence-electron chi connectivity index (χ1n) is 7.02. The Balaban J connectivity index is 2.47. The number of ether oxygens (including phenoxy) is 1. The van der Waals surface area contributed by atoms with Crippen LogP contribution in [0.15, 0.2) is 12.4 Å². The Hall–Kier alpha value is -0.870. The fourth-order valence-electron chi connectivity index (χ4n) is 1.82. The molecule has 1 unspecified atom stereocenters. The minimum absolute atomic E-state index is 0.286. The van der Waals surface area contributed by atoms with Gasteiger partial charge in [0.05, 0.1) is 18.9 Å². The van der Waals surface area contributed by atoms with Crippen LogP contribution in [0.5, 0.6) is 0 Å². The number of aryl methyl sites for hydroxylation is 1. The van der Waals surface area contributed by atoms with Gasteiger partial charge < -0.3 is 10.1 Å². The number of hydrogen-bond acceptors (Lipinski definition) is 3. The van der Waals surface area contributed by atoms with Gasteiger partial charge in [0.15, 0.2) is 0 Å². The molecule has 1 rings (SSSR count). The topological polar surface area (TPSA) is 39.1 Å². The number of rotatable bonds is 9. The van der Waals surface area contributed by atoms with Crippen LogP contribution in [-0.2, 0) is 17.7 Å². The second kappa shape index (κ2) is 8.27. The van der Waals surface area contributed by atoms with E-state index in [-0.39, 0.29) is 6.10 Å². The monoisotopic (exact) mass is 253 g/mol. The molecule has 0 aliphatic rings. The summed E-state index contributed by atoms with van der Waals surface area (Å²) in [6.07, 6.45) is 6.49. The van der Waals surface area contributed by atoms with Crippen molar-refractivity contribution >= 4 is 0 Å². The highest BCUT2D eigenvalue weighted by atomic mass is 16.5. The first-order chi connectivity index (χ1) is 8.65. The summed E-state index contributed by atoms with van der Waals surface area (Å²) in [5.74, 6) is 0. The fourth-order valence-corrected chi connectivity index (χ4v) is 1.82. The number of nitrogens with one attached hydrogen (secondary N) is 1. The van der Waals surface area contributed by atoms with E-state index in [4.69, 9.17) is 4.74 Å². The van der Waals surface area contributed by atoms with Crippen LogP contribution in [0, 0.1) is 0 Å². The number of nitrogens with zero attached hydrogens (tertiary/aromatic N) is 2. The third kappa shape index (κ3) is 5.65. The second-order valence-corrected chi connectivity index (χ2v) is 4.94. The molecule has 0 aromatic carbocycles. The molecule has 1 aromatic heterocycles. The summed E-state index contributed by atoms with van der Waals surface area (Å²) in [5.41, 5.74) is 1.28. The summed E-state index contributed by atoms with van der Waals surface area (Å²) in [6, 6.07) is 0.377. The van der Waals surface area contributed by atoms with E-state index in [1.54, 1.807) is 0 Å². The molecule has 1 atom stereocenters. The van der Waals surface area contributed by atoms with Crippen LogP contribution in [0.4, 0.5) is 0 Å². The van der Waals surface area contributed by atoms with Crippen LogP contribution in [-0.4, -0.2) is 35.1 Å². The first kappa shape index (κ1) is 15.2. The van der Waals surface area contributed by atoms with E-state index in [0.29, 0.717) is 6.04 Å². The lowest BCUT2D eigenvalue weighted by molar-refractivity contribution is 0.0613. The lowest BCUT2D eigenvalue weighted by Crippen LogP contribution is -2.36. The Bertz CT molecular complexity index is 323. The molecule has 0 aliphatic carbocycles. The predicted molar refractivity (Wildman–Crippen MR) is 74.8 cm³/mol. The van der Waals surface area contributed by atoms with Gasteiger partial charge in [-0.05, 0) is 45.7 Å². The first-order valence-corrected chi connectivity index (χ1v) is 7.02. The Morgan fingerprint density at radius 2 is 2.17 bits per heavy atom. The average Bonchev–Trinajstić information content (AvgIpc) is 2.80.